The zero-order valence-electron chi connectivity index (χ0n) is 14.2. The van der Waals surface area contributed by atoms with Crippen molar-refractivity contribution >= 4 is 17.3 Å². The molecule has 6 nitrogen and oxygen atoms in total. The smallest absolute Gasteiger partial charge is 0.227 e. The highest BCUT2D eigenvalue weighted by Gasteiger charge is 2.29. The van der Waals surface area contributed by atoms with Gasteiger partial charge >= 0.3 is 0 Å². The van der Waals surface area contributed by atoms with Gasteiger partial charge in [-0.15, -0.1) is 0 Å². The third-order valence-electron chi connectivity index (χ3n) is 4.39. The third-order valence-corrected chi connectivity index (χ3v) is 4.39. The third kappa shape index (κ3) is 3.76. The highest BCUT2D eigenvalue weighted by Crippen LogP contribution is 2.30. The summed E-state index contributed by atoms with van der Waals surface area (Å²) in [6.07, 6.45) is 2.00. The maximum atomic E-state index is 11.9. The second kappa shape index (κ2) is 7.05. The molecule has 0 bridgehead atoms. The zero-order valence-corrected chi connectivity index (χ0v) is 14.2. The molecule has 128 valence electrons. The van der Waals surface area contributed by atoms with Gasteiger partial charge in [-0.3, -0.25) is 9.48 Å². The number of hydrogen-bond donors (Lipinski definition) is 3. The van der Waals surface area contributed by atoms with Crippen molar-refractivity contribution in [2.24, 2.45) is 5.92 Å². The van der Waals surface area contributed by atoms with E-state index in [9.17, 15) is 4.79 Å². The van der Waals surface area contributed by atoms with Crippen LogP contribution in [0.4, 0.5) is 11.4 Å². The summed E-state index contributed by atoms with van der Waals surface area (Å²) >= 11 is 0. The molecular formula is C18H24N4O2. The molecule has 0 atom stereocenters. The number of rotatable bonds is 7. The first-order valence-corrected chi connectivity index (χ1v) is 8.37. The number of nitrogens with zero attached hydrogens (tertiary/aromatic N) is 2. The van der Waals surface area contributed by atoms with Crippen LogP contribution in [0.5, 0.6) is 0 Å². The van der Waals surface area contributed by atoms with Gasteiger partial charge in [-0.05, 0) is 44.9 Å². The number of anilines is 2. The molecule has 1 fully saturated rings. The summed E-state index contributed by atoms with van der Waals surface area (Å²) in [7, 11) is 0. The van der Waals surface area contributed by atoms with E-state index in [1.807, 2.05) is 42.8 Å². The average molecular weight is 328 g/mol. The number of aliphatic hydroxyl groups excluding tert-OH is 1. The van der Waals surface area contributed by atoms with Crippen molar-refractivity contribution in [2.75, 3.05) is 17.2 Å². The molecule has 1 aromatic carbocycles. The fraction of sp³-hybridized carbons (Fsp3) is 0.444. The molecule has 3 N–H and O–H groups in total. The summed E-state index contributed by atoms with van der Waals surface area (Å²) in [5.41, 5.74) is 4.94. The van der Waals surface area contributed by atoms with Crippen molar-refractivity contribution in [1.29, 1.82) is 0 Å². The predicted octanol–water partition coefficient (Wildman–Crippen LogP) is 2.45. The lowest BCUT2D eigenvalue weighted by molar-refractivity contribution is -0.117. The molecule has 0 aliphatic heterocycles. The van der Waals surface area contributed by atoms with Crippen LogP contribution in [0.25, 0.3) is 0 Å². The summed E-state index contributed by atoms with van der Waals surface area (Å²) < 4.78 is 1.83. The van der Waals surface area contributed by atoms with E-state index in [2.05, 4.69) is 15.7 Å². The van der Waals surface area contributed by atoms with Gasteiger partial charge in [0.15, 0.2) is 0 Å². The van der Waals surface area contributed by atoms with Crippen molar-refractivity contribution in [1.82, 2.24) is 9.78 Å². The zero-order chi connectivity index (χ0) is 17.1. The van der Waals surface area contributed by atoms with Crippen LogP contribution < -0.4 is 10.6 Å². The number of aliphatic hydroxyl groups is 1. The Labute approximate surface area is 141 Å². The van der Waals surface area contributed by atoms with Crippen LogP contribution in [0.2, 0.25) is 0 Å². The number of aryl methyl sites for hydroxylation is 1. The summed E-state index contributed by atoms with van der Waals surface area (Å²) in [5, 5.41) is 19.9. The molecule has 3 rings (SSSR count). The van der Waals surface area contributed by atoms with E-state index < -0.39 is 0 Å². The van der Waals surface area contributed by atoms with Crippen molar-refractivity contribution in [3.8, 4) is 0 Å². The molecule has 0 spiro atoms. The maximum Gasteiger partial charge on any atom is 0.227 e. The van der Waals surface area contributed by atoms with Crippen molar-refractivity contribution in [3.05, 3.63) is 41.2 Å². The Morgan fingerprint density at radius 1 is 1.33 bits per heavy atom. The topological polar surface area (TPSA) is 79.2 Å². The molecule has 6 heteroatoms. The highest BCUT2D eigenvalue weighted by molar-refractivity contribution is 5.94. The van der Waals surface area contributed by atoms with Crippen LogP contribution in [0, 0.1) is 19.8 Å². The number of carbonyl (C=O) groups is 1. The Balaban J connectivity index is 1.65. The molecular weight excluding hydrogens is 304 g/mol. The van der Waals surface area contributed by atoms with Gasteiger partial charge in [0.25, 0.3) is 0 Å². The normalized spacial score (nSPS) is 13.8. The van der Waals surface area contributed by atoms with E-state index in [-0.39, 0.29) is 18.4 Å². The minimum absolute atomic E-state index is 0.0809. The lowest BCUT2D eigenvalue weighted by Gasteiger charge is -2.10. The monoisotopic (exact) mass is 328 g/mol. The summed E-state index contributed by atoms with van der Waals surface area (Å²) in [6, 6.07) is 7.76. The van der Waals surface area contributed by atoms with Gasteiger partial charge in [-0.2, -0.15) is 5.10 Å². The SMILES string of the molecule is Cc1nn(CCO)c(C)c1CNc1cccc(NC(=O)C2CC2)c1. The van der Waals surface area contributed by atoms with Crippen LogP contribution in [0.1, 0.15) is 29.8 Å². The van der Waals surface area contributed by atoms with Gasteiger partial charge < -0.3 is 15.7 Å². The maximum absolute atomic E-state index is 11.9. The molecule has 0 radical (unpaired) electrons. The van der Waals surface area contributed by atoms with E-state index in [4.69, 9.17) is 5.11 Å². The van der Waals surface area contributed by atoms with Gasteiger partial charge in [-0.25, -0.2) is 0 Å². The van der Waals surface area contributed by atoms with E-state index in [0.29, 0.717) is 13.1 Å². The molecule has 0 saturated heterocycles. The van der Waals surface area contributed by atoms with Crippen LogP contribution in [0.15, 0.2) is 24.3 Å². The Morgan fingerprint density at radius 3 is 2.79 bits per heavy atom. The average Bonchev–Trinajstić information content (AvgIpc) is 3.36. The second-order valence-electron chi connectivity index (χ2n) is 6.29. The quantitative estimate of drug-likeness (QED) is 0.729. The van der Waals surface area contributed by atoms with Gasteiger partial charge in [0.1, 0.15) is 0 Å². The fourth-order valence-corrected chi connectivity index (χ4v) is 2.79. The van der Waals surface area contributed by atoms with Gasteiger partial charge in [0.05, 0.1) is 18.8 Å². The lowest BCUT2D eigenvalue weighted by atomic mass is 10.2. The molecule has 1 heterocycles. The minimum Gasteiger partial charge on any atom is -0.394 e. The highest BCUT2D eigenvalue weighted by atomic mass is 16.3. The molecule has 1 aromatic heterocycles. The van der Waals surface area contributed by atoms with Crippen LogP contribution in [-0.4, -0.2) is 27.4 Å². The summed E-state index contributed by atoms with van der Waals surface area (Å²) in [6.45, 7) is 5.24. The first kappa shape index (κ1) is 16.5. The van der Waals surface area contributed by atoms with Crippen molar-refractivity contribution in [3.63, 3.8) is 0 Å². The molecule has 1 aliphatic rings. The van der Waals surface area contributed by atoms with E-state index in [1.54, 1.807) is 0 Å². The molecule has 1 aliphatic carbocycles. The summed E-state index contributed by atoms with van der Waals surface area (Å²) in [4.78, 5) is 11.9. The number of nitrogens with one attached hydrogen (secondary N) is 2. The molecule has 2 aromatic rings. The standard InChI is InChI=1S/C18H24N4O2/c1-12-17(13(2)22(21-12)8-9-23)11-19-15-4-3-5-16(10-15)20-18(24)14-6-7-14/h3-5,10,14,19,23H,6-9,11H2,1-2H3,(H,20,24). The number of amides is 1. The van der Waals surface area contributed by atoms with Gasteiger partial charge in [0.2, 0.25) is 5.91 Å². The Kier molecular flexibility index (Phi) is 4.85. The lowest BCUT2D eigenvalue weighted by Crippen LogP contribution is -2.13. The van der Waals surface area contributed by atoms with E-state index in [0.717, 1.165) is 41.2 Å². The fourth-order valence-electron chi connectivity index (χ4n) is 2.79. The number of carbonyl (C=O) groups excluding carboxylic acids is 1. The van der Waals surface area contributed by atoms with Gasteiger partial charge in [0, 0.05) is 35.1 Å². The van der Waals surface area contributed by atoms with Crippen LogP contribution in [-0.2, 0) is 17.9 Å². The Hall–Kier alpha value is -2.34. The van der Waals surface area contributed by atoms with Gasteiger partial charge in [-0.1, -0.05) is 6.07 Å². The van der Waals surface area contributed by atoms with E-state index >= 15 is 0 Å². The van der Waals surface area contributed by atoms with E-state index in [1.165, 1.54) is 0 Å². The van der Waals surface area contributed by atoms with Crippen LogP contribution >= 0.6 is 0 Å². The number of aromatic nitrogens is 2. The largest absolute Gasteiger partial charge is 0.394 e. The Morgan fingerprint density at radius 2 is 2.08 bits per heavy atom. The first-order valence-electron chi connectivity index (χ1n) is 8.37. The van der Waals surface area contributed by atoms with Crippen LogP contribution in [0.3, 0.4) is 0 Å². The number of benzene rings is 1. The van der Waals surface area contributed by atoms with Crippen molar-refractivity contribution in [2.45, 2.75) is 39.8 Å². The number of hydrogen-bond acceptors (Lipinski definition) is 4. The molecule has 24 heavy (non-hydrogen) atoms. The summed E-state index contributed by atoms with van der Waals surface area (Å²) in [5.74, 6) is 0.313. The van der Waals surface area contributed by atoms with Crippen molar-refractivity contribution < 1.29 is 9.90 Å². The predicted molar refractivity (Wildman–Crippen MR) is 93.9 cm³/mol. The first-order chi connectivity index (χ1) is 11.6. The minimum atomic E-state index is 0.0809. The second-order valence-corrected chi connectivity index (χ2v) is 6.29. The molecule has 1 amide bonds. The molecule has 0 unspecified atom stereocenters. The molecule has 1 saturated carbocycles. The Bertz CT molecular complexity index is 735.